The first kappa shape index (κ1) is 18.6. The maximum Gasteiger partial charge on any atom is 0.523 e. The predicted octanol–water partition coefficient (Wildman–Crippen LogP) is 2.61. The van der Waals surface area contributed by atoms with Crippen molar-refractivity contribution >= 4 is 26.0 Å². The van der Waals surface area contributed by atoms with E-state index in [0.29, 0.717) is 16.5 Å². The van der Waals surface area contributed by atoms with Crippen molar-refractivity contribution in [1.29, 1.82) is 0 Å². The summed E-state index contributed by atoms with van der Waals surface area (Å²) in [4.78, 5) is 0. The molecule has 0 spiro atoms. The topological polar surface area (TPSA) is 64.6 Å². The molecule has 0 saturated heterocycles. The van der Waals surface area contributed by atoms with Gasteiger partial charge in [0.2, 0.25) is 0 Å². The minimum Gasteiger partial charge on any atom is -0.369 e. The van der Waals surface area contributed by atoms with Gasteiger partial charge in [-0.1, -0.05) is 15.9 Å². The average Bonchev–Trinajstić information content (AvgIpc) is 2.47. The highest BCUT2D eigenvalue weighted by Gasteiger charge is 2.50. The molecule has 0 fully saturated rings. The van der Waals surface area contributed by atoms with Crippen LogP contribution in [-0.2, 0) is 25.5 Å². The van der Waals surface area contributed by atoms with Gasteiger partial charge < -0.3 is 4.74 Å². The molecule has 0 amide bonds. The number of fused-ring (bicyclic) bond motifs is 1. The zero-order chi connectivity index (χ0) is 17.4. The normalized spacial score (nSPS) is 20.2. The quantitative estimate of drug-likeness (QED) is 0.350. The molecule has 0 saturated carbocycles. The number of hydrogen-bond acceptors (Lipinski definition) is 5. The van der Waals surface area contributed by atoms with Gasteiger partial charge in [-0.25, -0.2) is 8.57 Å². The monoisotopic (exact) mass is 421 g/mol. The molecule has 0 aromatic heterocycles. The summed E-state index contributed by atoms with van der Waals surface area (Å²) >= 11 is 3.23. The van der Waals surface area contributed by atoms with Gasteiger partial charge in [0, 0.05) is 10.0 Å². The standard InChI is InChI=1S/C12H12BrF4NO4S/c1-18-11(22-23(19,20)12(15,16)17)10-9-6(4-5-21-10)7(13)2-3-8(9)14/h2-3,10-11,18H,4-5H2,1H3/t10-,11?/m0/s1. The van der Waals surface area contributed by atoms with E-state index in [1.807, 2.05) is 0 Å². The summed E-state index contributed by atoms with van der Waals surface area (Å²) in [5.41, 5.74) is -5.13. The minimum absolute atomic E-state index is 0.0395. The average molecular weight is 422 g/mol. The maximum absolute atomic E-state index is 14.1. The highest BCUT2D eigenvalue weighted by atomic mass is 79.9. The Labute approximate surface area is 138 Å². The predicted molar refractivity (Wildman–Crippen MR) is 75.4 cm³/mol. The molecule has 1 aromatic rings. The second-order valence-electron chi connectivity index (χ2n) is 4.67. The fraction of sp³-hybridized carbons (Fsp3) is 0.500. The summed E-state index contributed by atoms with van der Waals surface area (Å²) in [5.74, 6) is -0.721. The van der Waals surface area contributed by atoms with Gasteiger partial charge in [-0.15, -0.1) is 0 Å². The molecule has 1 aliphatic rings. The number of rotatable bonds is 4. The molecule has 130 valence electrons. The van der Waals surface area contributed by atoms with E-state index in [1.165, 1.54) is 13.1 Å². The van der Waals surface area contributed by atoms with Crippen molar-refractivity contribution in [3.63, 3.8) is 0 Å². The molecular formula is C12H12BrF4NO4S. The first-order valence-electron chi connectivity index (χ1n) is 6.33. The van der Waals surface area contributed by atoms with Crippen molar-refractivity contribution in [1.82, 2.24) is 5.32 Å². The molecule has 2 atom stereocenters. The third-order valence-corrected chi connectivity index (χ3v) is 5.02. The number of alkyl halides is 3. The SMILES string of the molecule is CNC(OS(=O)(=O)C(F)(F)F)[C@H]1OCCc2c(Br)ccc(F)c21. The molecule has 1 aromatic carbocycles. The molecule has 5 nitrogen and oxygen atoms in total. The maximum atomic E-state index is 14.1. The van der Waals surface area contributed by atoms with Crippen LogP contribution in [0.5, 0.6) is 0 Å². The van der Waals surface area contributed by atoms with Gasteiger partial charge in [0.05, 0.1) is 6.61 Å². The fourth-order valence-electron chi connectivity index (χ4n) is 2.22. The Hall–Kier alpha value is -0.750. The third kappa shape index (κ3) is 3.68. The van der Waals surface area contributed by atoms with E-state index in [9.17, 15) is 26.0 Å². The lowest BCUT2D eigenvalue weighted by atomic mass is 9.96. The van der Waals surface area contributed by atoms with Crippen molar-refractivity contribution in [3.8, 4) is 0 Å². The number of benzene rings is 1. The Morgan fingerprint density at radius 2 is 2.09 bits per heavy atom. The van der Waals surface area contributed by atoms with E-state index >= 15 is 0 Å². The zero-order valence-electron chi connectivity index (χ0n) is 11.7. The molecule has 0 bridgehead atoms. The van der Waals surface area contributed by atoms with E-state index in [4.69, 9.17) is 4.74 Å². The molecule has 1 aliphatic heterocycles. The summed E-state index contributed by atoms with van der Waals surface area (Å²) in [5, 5.41) is 2.28. The molecule has 0 aliphatic carbocycles. The van der Waals surface area contributed by atoms with E-state index in [-0.39, 0.29) is 12.2 Å². The second-order valence-corrected chi connectivity index (χ2v) is 7.09. The van der Waals surface area contributed by atoms with Gasteiger partial charge in [-0.05, 0) is 31.2 Å². The molecule has 1 heterocycles. The number of nitrogens with one attached hydrogen (secondary N) is 1. The van der Waals surface area contributed by atoms with Crippen LogP contribution < -0.4 is 5.32 Å². The van der Waals surface area contributed by atoms with Crippen molar-refractivity contribution in [2.75, 3.05) is 13.7 Å². The number of ether oxygens (including phenoxy) is 1. The van der Waals surface area contributed by atoms with Crippen LogP contribution in [-0.4, -0.2) is 33.8 Å². The van der Waals surface area contributed by atoms with E-state index in [1.54, 1.807) is 0 Å². The van der Waals surface area contributed by atoms with Crippen LogP contribution >= 0.6 is 15.9 Å². The van der Waals surface area contributed by atoms with Crippen LogP contribution in [0.4, 0.5) is 17.6 Å². The minimum atomic E-state index is -5.86. The smallest absolute Gasteiger partial charge is 0.369 e. The molecule has 0 radical (unpaired) electrons. The van der Waals surface area contributed by atoms with Crippen LogP contribution in [0.3, 0.4) is 0 Å². The van der Waals surface area contributed by atoms with Crippen LogP contribution in [0.15, 0.2) is 16.6 Å². The Morgan fingerprint density at radius 3 is 2.65 bits per heavy atom. The van der Waals surface area contributed by atoms with Crippen LogP contribution in [0, 0.1) is 5.82 Å². The number of hydrogen-bond donors (Lipinski definition) is 1. The largest absolute Gasteiger partial charge is 0.523 e. The van der Waals surface area contributed by atoms with Gasteiger partial charge >= 0.3 is 15.6 Å². The Balaban J connectivity index is 2.41. The molecule has 1 unspecified atom stereocenters. The van der Waals surface area contributed by atoms with Crippen molar-refractivity contribution < 1.29 is 34.9 Å². The molecule has 23 heavy (non-hydrogen) atoms. The van der Waals surface area contributed by atoms with Gasteiger partial charge in [-0.2, -0.15) is 21.6 Å². The van der Waals surface area contributed by atoms with Crippen molar-refractivity contribution in [3.05, 3.63) is 33.5 Å². The van der Waals surface area contributed by atoms with E-state index in [0.717, 1.165) is 6.07 Å². The Morgan fingerprint density at radius 1 is 1.43 bits per heavy atom. The van der Waals surface area contributed by atoms with Crippen LogP contribution in [0.1, 0.15) is 17.2 Å². The third-order valence-electron chi connectivity index (χ3n) is 3.25. The lowest BCUT2D eigenvalue weighted by Gasteiger charge is -2.32. The van der Waals surface area contributed by atoms with Gasteiger partial charge in [0.25, 0.3) is 0 Å². The summed E-state index contributed by atoms with van der Waals surface area (Å²) < 4.78 is 83.9. The second kappa shape index (κ2) is 6.63. The fourth-order valence-corrected chi connectivity index (χ4v) is 3.35. The van der Waals surface area contributed by atoms with Crippen LogP contribution in [0.2, 0.25) is 0 Å². The summed E-state index contributed by atoms with van der Waals surface area (Å²) in [6.45, 7) is 0.0767. The summed E-state index contributed by atoms with van der Waals surface area (Å²) in [6.07, 6.45) is -2.75. The van der Waals surface area contributed by atoms with Crippen LogP contribution in [0.25, 0.3) is 0 Å². The number of likely N-dealkylation sites (N-methyl/N-ethyl adjacent to an activating group) is 1. The lowest BCUT2D eigenvalue weighted by molar-refractivity contribution is -0.0791. The highest BCUT2D eigenvalue weighted by Crippen LogP contribution is 2.37. The van der Waals surface area contributed by atoms with E-state index in [2.05, 4.69) is 25.4 Å². The van der Waals surface area contributed by atoms with Crippen molar-refractivity contribution in [2.24, 2.45) is 0 Å². The summed E-state index contributed by atoms with van der Waals surface area (Å²) in [7, 11) is -4.68. The zero-order valence-corrected chi connectivity index (χ0v) is 14.1. The van der Waals surface area contributed by atoms with E-state index < -0.39 is 33.8 Å². The Bertz CT molecular complexity index is 695. The molecule has 1 N–H and O–H groups in total. The first-order chi connectivity index (χ1) is 10.6. The first-order valence-corrected chi connectivity index (χ1v) is 8.54. The molecular weight excluding hydrogens is 410 g/mol. The summed E-state index contributed by atoms with van der Waals surface area (Å²) in [6, 6.07) is 2.56. The van der Waals surface area contributed by atoms with Gasteiger partial charge in [0.15, 0.2) is 6.23 Å². The lowest BCUT2D eigenvalue weighted by Crippen LogP contribution is -2.43. The Kier molecular flexibility index (Phi) is 5.36. The van der Waals surface area contributed by atoms with Gasteiger partial charge in [-0.3, -0.25) is 5.32 Å². The molecule has 2 rings (SSSR count). The molecule has 11 heteroatoms. The van der Waals surface area contributed by atoms with Gasteiger partial charge in [0.1, 0.15) is 11.9 Å². The number of halogens is 5. The highest BCUT2D eigenvalue weighted by molar-refractivity contribution is 9.10. The van der Waals surface area contributed by atoms with Crippen molar-refractivity contribution in [2.45, 2.75) is 24.3 Å².